The van der Waals surface area contributed by atoms with Gasteiger partial charge in [-0.05, 0) is 47.5 Å². The first-order valence-electron chi connectivity index (χ1n) is 11.7. The summed E-state index contributed by atoms with van der Waals surface area (Å²) in [6.45, 7) is 0.903. The van der Waals surface area contributed by atoms with Crippen LogP contribution in [-0.4, -0.2) is 37.4 Å². The zero-order valence-electron chi connectivity index (χ0n) is 20.2. The van der Waals surface area contributed by atoms with Crippen LogP contribution in [0.1, 0.15) is 16.8 Å². The number of imidazole rings is 1. The molecule has 0 spiro atoms. The summed E-state index contributed by atoms with van der Waals surface area (Å²) in [4.78, 5) is 21.3. The van der Waals surface area contributed by atoms with Crippen molar-refractivity contribution in [2.75, 3.05) is 13.2 Å². The fourth-order valence-corrected chi connectivity index (χ4v) is 5.06. The zero-order valence-corrected chi connectivity index (χ0v) is 20.9. The van der Waals surface area contributed by atoms with Gasteiger partial charge in [-0.1, -0.05) is 35.9 Å². The minimum atomic E-state index is -1.60. The Kier molecular flexibility index (Phi) is 5.51. The van der Waals surface area contributed by atoms with Crippen molar-refractivity contribution in [2.24, 2.45) is 14.1 Å². The second-order valence-corrected chi connectivity index (χ2v) is 9.44. The number of aliphatic hydroxyl groups is 1. The standard InChI is InChI=1S/C28H23ClN4O4/c1-32-16-30-15-25(32)28(35,19-7-9-23-24(14-19)37-11-10-36-23)18-6-8-22-21(13-18)26(31-27(34)33(22)2)17-4-3-5-20(29)12-17/h3-9,12-16,35H,10-11H2,1-2H3. The van der Waals surface area contributed by atoms with Crippen molar-refractivity contribution in [3.8, 4) is 22.8 Å². The number of benzene rings is 3. The lowest BCUT2D eigenvalue weighted by molar-refractivity contribution is 0.116. The first-order chi connectivity index (χ1) is 17.9. The van der Waals surface area contributed by atoms with Gasteiger partial charge in [0.1, 0.15) is 13.2 Å². The second-order valence-electron chi connectivity index (χ2n) is 9.00. The number of hydrogen-bond acceptors (Lipinski definition) is 6. The van der Waals surface area contributed by atoms with E-state index in [9.17, 15) is 9.90 Å². The molecule has 5 aromatic rings. The third-order valence-electron chi connectivity index (χ3n) is 6.77. The predicted molar refractivity (Wildman–Crippen MR) is 140 cm³/mol. The number of nitrogens with zero attached hydrogens (tertiary/aromatic N) is 4. The molecule has 8 nitrogen and oxygen atoms in total. The van der Waals surface area contributed by atoms with Gasteiger partial charge >= 0.3 is 5.69 Å². The van der Waals surface area contributed by atoms with Gasteiger partial charge in [-0.2, -0.15) is 4.98 Å². The molecule has 0 amide bonds. The van der Waals surface area contributed by atoms with E-state index in [0.717, 1.165) is 0 Å². The summed E-state index contributed by atoms with van der Waals surface area (Å²) in [5.41, 5.74) is 1.59. The smallest absolute Gasteiger partial charge is 0.348 e. The van der Waals surface area contributed by atoms with Crippen LogP contribution in [0.5, 0.6) is 11.5 Å². The molecule has 6 rings (SSSR count). The van der Waals surface area contributed by atoms with Crippen LogP contribution >= 0.6 is 11.6 Å². The SMILES string of the molecule is Cn1cncc1C(O)(c1ccc2c(c1)OCCO2)c1ccc2c(c1)c(-c1cccc(Cl)c1)nc(=O)n2C. The van der Waals surface area contributed by atoms with E-state index in [4.69, 9.17) is 21.1 Å². The minimum Gasteiger partial charge on any atom is -0.486 e. The van der Waals surface area contributed by atoms with E-state index < -0.39 is 5.60 Å². The number of ether oxygens (including phenoxy) is 2. The highest BCUT2D eigenvalue weighted by molar-refractivity contribution is 6.30. The summed E-state index contributed by atoms with van der Waals surface area (Å²) < 4.78 is 14.8. The Morgan fingerprint density at radius 1 is 0.973 bits per heavy atom. The summed E-state index contributed by atoms with van der Waals surface area (Å²) in [5, 5.41) is 13.7. The molecule has 1 unspecified atom stereocenters. The Morgan fingerprint density at radius 3 is 2.49 bits per heavy atom. The van der Waals surface area contributed by atoms with E-state index in [2.05, 4.69) is 9.97 Å². The molecule has 3 aromatic carbocycles. The molecule has 0 saturated heterocycles. The van der Waals surface area contributed by atoms with Gasteiger partial charge in [-0.25, -0.2) is 9.78 Å². The van der Waals surface area contributed by atoms with E-state index in [1.54, 1.807) is 48.4 Å². The zero-order chi connectivity index (χ0) is 25.7. The Hall–Kier alpha value is -4.14. The van der Waals surface area contributed by atoms with Crippen LogP contribution < -0.4 is 15.2 Å². The minimum absolute atomic E-state index is 0.385. The predicted octanol–water partition coefficient (Wildman–Crippen LogP) is 4.04. The van der Waals surface area contributed by atoms with Crippen molar-refractivity contribution in [3.05, 3.63) is 106 Å². The molecule has 1 atom stereocenters. The van der Waals surface area contributed by atoms with Crippen LogP contribution in [0.4, 0.5) is 0 Å². The van der Waals surface area contributed by atoms with Gasteiger partial charge < -0.3 is 19.1 Å². The lowest BCUT2D eigenvalue weighted by Crippen LogP contribution is -2.31. The molecule has 0 saturated carbocycles. The topological polar surface area (TPSA) is 91.4 Å². The lowest BCUT2D eigenvalue weighted by atomic mass is 9.82. The highest BCUT2D eigenvalue weighted by atomic mass is 35.5. The molecule has 1 N–H and O–H groups in total. The fourth-order valence-electron chi connectivity index (χ4n) is 4.87. The van der Waals surface area contributed by atoms with Crippen LogP contribution in [0, 0.1) is 0 Å². The van der Waals surface area contributed by atoms with Crippen molar-refractivity contribution in [1.29, 1.82) is 0 Å². The average Bonchev–Trinajstić information content (AvgIpc) is 3.36. The van der Waals surface area contributed by atoms with Gasteiger partial charge in [-0.15, -0.1) is 0 Å². The summed E-state index contributed by atoms with van der Waals surface area (Å²) in [6, 6.07) is 18.1. The number of halogens is 1. The van der Waals surface area contributed by atoms with Crippen molar-refractivity contribution in [2.45, 2.75) is 5.60 Å². The molecular formula is C28H23ClN4O4. The van der Waals surface area contributed by atoms with Crippen LogP contribution in [-0.2, 0) is 19.7 Å². The van der Waals surface area contributed by atoms with Gasteiger partial charge in [0.15, 0.2) is 17.1 Å². The highest BCUT2D eigenvalue weighted by Crippen LogP contribution is 2.42. The molecule has 0 aliphatic carbocycles. The van der Waals surface area contributed by atoms with E-state index >= 15 is 0 Å². The lowest BCUT2D eigenvalue weighted by Gasteiger charge is -2.31. The van der Waals surface area contributed by atoms with Crippen molar-refractivity contribution in [3.63, 3.8) is 0 Å². The normalized spacial score (nSPS) is 14.5. The first kappa shape index (κ1) is 23.3. The third-order valence-corrected chi connectivity index (χ3v) is 7.01. The highest BCUT2D eigenvalue weighted by Gasteiger charge is 2.38. The largest absolute Gasteiger partial charge is 0.486 e. The van der Waals surface area contributed by atoms with Crippen molar-refractivity contribution < 1.29 is 14.6 Å². The number of rotatable bonds is 4. The van der Waals surface area contributed by atoms with Crippen LogP contribution in [0.3, 0.4) is 0 Å². The molecule has 0 bridgehead atoms. The number of aryl methyl sites for hydroxylation is 2. The number of fused-ring (bicyclic) bond motifs is 2. The van der Waals surface area contributed by atoms with Gasteiger partial charge in [0.05, 0.1) is 29.4 Å². The summed E-state index contributed by atoms with van der Waals surface area (Å²) in [5.74, 6) is 1.19. The van der Waals surface area contributed by atoms with Crippen LogP contribution in [0.25, 0.3) is 22.2 Å². The molecule has 9 heteroatoms. The van der Waals surface area contributed by atoms with Gasteiger partial charge in [0.2, 0.25) is 0 Å². The Balaban J connectivity index is 1.64. The van der Waals surface area contributed by atoms with E-state index in [1.165, 1.54) is 4.57 Å². The maximum absolute atomic E-state index is 12.7. The van der Waals surface area contributed by atoms with Gasteiger partial charge in [0.25, 0.3) is 0 Å². The summed E-state index contributed by atoms with van der Waals surface area (Å²) in [6.07, 6.45) is 3.28. The molecule has 1 aliphatic rings. The number of aromatic nitrogens is 4. The monoisotopic (exact) mass is 514 g/mol. The molecule has 186 valence electrons. The Bertz CT molecular complexity index is 1730. The van der Waals surface area contributed by atoms with Gasteiger partial charge in [-0.3, -0.25) is 4.57 Å². The van der Waals surface area contributed by atoms with E-state index in [0.29, 0.717) is 68.7 Å². The quantitative estimate of drug-likeness (QED) is 0.389. The van der Waals surface area contributed by atoms with Crippen molar-refractivity contribution >= 4 is 22.5 Å². The van der Waals surface area contributed by atoms with E-state index in [-0.39, 0.29) is 5.69 Å². The molecule has 1 aliphatic heterocycles. The summed E-state index contributed by atoms with van der Waals surface area (Å²) >= 11 is 6.26. The molecule has 3 heterocycles. The summed E-state index contributed by atoms with van der Waals surface area (Å²) in [7, 11) is 3.50. The molecule has 0 fully saturated rings. The van der Waals surface area contributed by atoms with Crippen LogP contribution in [0.15, 0.2) is 78.0 Å². The Labute approximate surface area is 217 Å². The average molecular weight is 515 g/mol. The molecular weight excluding hydrogens is 492 g/mol. The number of hydrogen-bond donors (Lipinski definition) is 1. The molecule has 37 heavy (non-hydrogen) atoms. The van der Waals surface area contributed by atoms with Crippen molar-refractivity contribution in [1.82, 2.24) is 19.1 Å². The van der Waals surface area contributed by atoms with Crippen LogP contribution in [0.2, 0.25) is 5.02 Å². The van der Waals surface area contributed by atoms with E-state index in [1.807, 2.05) is 43.4 Å². The maximum atomic E-state index is 12.7. The Morgan fingerprint density at radius 2 is 1.73 bits per heavy atom. The maximum Gasteiger partial charge on any atom is 0.348 e. The molecule has 2 aromatic heterocycles. The third kappa shape index (κ3) is 3.77. The molecule has 0 radical (unpaired) electrons. The first-order valence-corrected chi connectivity index (χ1v) is 12.1. The second kappa shape index (κ2) is 8.76. The fraction of sp³-hybridized carbons (Fsp3) is 0.179. The van der Waals surface area contributed by atoms with Gasteiger partial charge in [0, 0.05) is 30.1 Å².